The van der Waals surface area contributed by atoms with Crippen LogP contribution in [0.4, 0.5) is 6.01 Å². The molecule has 0 saturated heterocycles. The molecule has 1 N–H and O–H groups in total. The molecule has 6 nitrogen and oxygen atoms in total. The lowest BCUT2D eigenvalue weighted by Gasteiger charge is -2.02. The highest BCUT2D eigenvalue weighted by molar-refractivity contribution is 7.92. The molecule has 1 aromatic rings. The van der Waals surface area contributed by atoms with Crippen molar-refractivity contribution in [3.05, 3.63) is 5.89 Å². The first kappa shape index (κ1) is 12.3. The van der Waals surface area contributed by atoms with Gasteiger partial charge < -0.3 is 4.42 Å². The van der Waals surface area contributed by atoms with Crippen LogP contribution in [0.3, 0.4) is 0 Å². The van der Waals surface area contributed by atoms with Gasteiger partial charge in [-0.25, -0.2) is 13.1 Å². The SMILES string of the molecule is Cc1nnc(NS(=O)(=O)CCCCCl)o1. The first-order valence-electron chi connectivity index (χ1n) is 4.40. The maximum Gasteiger partial charge on any atom is 0.329 e. The molecule has 0 unspecified atom stereocenters. The van der Waals surface area contributed by atoms with Crippen molar-refractivity contribution in [3.63, 3.8) is 0 Å². The Morgan fingerprint density at radius 1 is 1.40 bits per heavy atom. The van der Waals surface area contributed by atoms with Gasteiger partial charge in [0.1, 0.15) is 0 Å². The molecule has 0 radical (unpaired) electrons. The molecular weight excluding hydrogens is 242 g/mol. The Morgan fingerprint density at radius 2 is 2.13 bits per heavy atom. The Morgan fingerprint density at radius 3 is 2.67 bits per heavy atom. The smallest absolute Gasteiger partial charge is 0.329 e. The molecule has 15 heavy (non-hydrogen) atoms. The fourth-order valence-corrected chi connectivity index (χ4v) is 2.13. The third-order valence-corrected chi connectivity index (χ3v) is 3.14. The van der Waals surface area contributed by atoms with E-state index in [2.05, 4.69) is 14.9 Å². The monoisotopic (exact) mass is 253 g/mol. The Labute approximate surface area is 93.1 Å². The zero-order valence-corrected chi connectivity index (χ0v) is 9.81. The van der Waals surface area contributed by atoms with Gasteiger partial charge in [-0.15, -0.1) is 16.7 Å². The summed E-state index contributed by atoms with van der Waals surface area (Å²) in [7, 11) is -3.40. The number of aryl methyl sites for hydroxylation is 1. The molecule has 0 saturated carbocycles. The average molecular weight is 254 g/mol. The minimum Gasteiger partial charge on any atom is -0.408 e. The summed E-state index contributed by atoms with van der Waals surface area (Å²) in [5, 5.41) is 7.03. The van der Waals surface area contributed by atoms with Gasteiger partial charge in [0.05, 0.1) is 5.75 Å². The van der Waals surface area contributed by atoms with E-state index in [1.807, 2.05) is 0 Å². The van der Waals surface area contributed by atoms with E-state index in [0.29, 0.717) is 24.6 Å². The van der Waals surface area contributed by atoms with Crippen molar-refractivity contribution in [2.24, 2.45) is 0 Å². The minimum absolute atomic E-state index is 0.00114. The number of rotatable bonds is 6. The summed E-state index contributed by atoms with van der Waals surface area (Å²) >= 11 is 5.44. The summed E-state index contributed by atoms with van der Waals surface area (Å²) < 4.78 is 29.9. The van der Waals surface area contributed by atoms with Crippen molar-refractivity contribution in [2.45, 2.75) is 19.8 Å². The quantitative estimate of drug-likeness (QED) is 0.607. The lowest BCUT2D eigenvalue weighted by atomic mass is 10.4. The predicted octanol–water partition coefficient (Wildman–Crippen LogP) is 1.14. The molecular formula is C7H12ClN3O3S. The van der Waals surface area contributed by atoms with E-state index >= 15 is 0 Å². The molecule has 0 aromatic carbocycles. The van der Waals surface area contributed by atoms with Crippen LogP contribution in [-0.4, -0.2) is 30.2 Å². The minimum atomic E-state index is -3.40. The summed E-state index contributed by atoms with van der Waals surface area (Å²) in [4.78, 5) is 0. The van der Waals surface area contributed by atoms with Gasteiger partial charge in [0.15, 0.2) is 0 Å². The van der Waals surface area contributed by atoms with Crippen LogP contribution in [-0.2, 0) is 10.0 Å². The number of unbranched alkanes of at least 4 members (excludes halogenated alkanes) is 1. The van der Waals surface area contributed by atoms with E-state index in [1.165, 1.54) is 0 Å². The summed E-state index contributed by atoms with van der Waals surface area (Å²) in [6.07, 6.45) is 1.16. The van der Waals surface area contributed by atoms with Crippen molar-refractivity contribution in [1.82, 2.24) is 10.2 Å². The number of alkyl halides is 1. The second-order valence-corrected chi connectivity index (χ2v) is 5.16. The molecule has 1 heterocycles. The highest BCUT2D eigenvalue weighted by Crippen LogP contribution is 2.07. The van der Waals surface area contributed by atoms with E-state index in [0.717, 1.165) is 0 Å². The second-order valence-electron chi connectivity index (χ2n) is 2.94. The maximum atomic E-state index is 11.4. The number of anilines is 1. The molecule has 0 fully saturated rings. The Hall–Kier alpha value is -0.820. The maximum absolute atomic E-state index is 11.4. The number of hydrogen-bond donors (Lipinski definition) is 1. The van der Waals surface area contributed by atoms with Crippen LogP contribution in [0.25, 0.3) is 0 Å². The van der Waals surface area contributed by atoms with Crippen LogP contribution in [0.2, 0.25) is 0 Å². The van der Waals surface area contributed by atoms with E-state index < -0.39 is 10.0 Å². The van der Waals surface area contributed by atoms with Gasteiger partial charge in [-0.3, -0.25) is 0 Å². The number of sulfonamides is 1. The van der Waals surface area contributed by atoms with Gasteiger partial charge in [0.2, 0.25) is 15.9 Å². The van der Waals surface area contributed by atoms with Gasteiger partial charge in [-0.1, -0.05) is 5.10 Å². The fourth-order valence-electron chi connectivity index (χ4n) is 0.908. The van der Waals surface area contributed by atoms with Crippen LogP contribution in [0.1, 0.15) is 18.7 Å². The molecule has 0 atom stereocenters. The Bertz CT molecular complexity index is 403. The van der Waals surface area contributed by atoms with Crippen LogP contribution in [0, 0.1) is 6.92 Å². The van der Waals surface area contributed by atoms with E-state index in [-0.39, 0.29) is 11.8 Å². The Balaban J connectivity index is 2.49. The molecule has 86 valence electrons. The number of hydrogen-bond acceptors (Lipinski definition) is 5. The van der Waals surface area contributed by atoms with E-state index in [4.69, 9.17) is 16.0 Å². The molecule has 0 spiro atoms. The van der Waals surface area contributed by atoms with Crippen molar-refractivity contribution < 1.29 is 12.8 Å². The fraction of sp³-hybridized carbons (Fsp3) is 0.714. The standard InChI is InChI=1S/C7H12ClN3O3S/c1-6-9-10-7(14-6)11-15(12,13)5-3-2-4-8/h2-5H2,1H3,(H,10,11). The third-order valence-electron chi connectivity index (χ3n) is 1.57. The topological polar surface area (TPSA) is 85.1 Å². The van der Waals surface area contributed by atoms with Gasteiger partial charge in [0, 0.05) is 12.8 Å². The molecule has 1 aromatic heterocycles. The molecule has 0 aliphatic carbocycles. The van der Waals surface area contributed by atoms with Gasteiger partial charge in [-0.05, 0) is 12.8 Å². The summed E-state index contributed by atoms with van der Waals surface area (Å²) in [5.41, 5.74) is 0. The van der Waals surface area contributed by atoms with Crippen molar-refractivity contribution in [1.29, 1.82) is 0 Å². The number of halogens is 1. The van der Waals surface area contributed by atoms with Gasteiger partial charge in [-0.2, -0.15) is 0 Å². The predicted molar refractivity (Wildman–Crippen MR) is 56.4 cm³/mol. The summed E-state index contributed by atoms with van der Waals surface area (Å²) in [5.74, 6) is 0.768. The van der Waals surface area contributed by atoms with Crippen molar-refractivity contribution in [3.8, 4) is 0 Å². The number of nitrogens with zero attached hydrogens (tertiary/aromatic N) is 2. The highest BCUT2D eigenvalue weighted by atomic mass is 35.5. The molecule has 8 heteroatoms. The van der Waals surface area contributed by atoms with Crippen LogP contribution in [0.15, 0.2) is 4.42 Å². The van der Waals surface area contributed by atoms with E-state index in [1.54, 1.807) is 6.92 Å². The molecule has 0 amide bonds. The van der Waals surface area contributed by atoms with Crippen LogP contribution in [0.5, 0.6) is 0 Å². The first-order chi connectivity index (χ1) is 7.03. The second kappa shape index (κ2) is 5.32. The van der Waals surface area contributed by atoms with Crippen molar-refractivity contribution in [2.75, 3.05) is 16.4 Å². The largest absolute Gasteiger partial charge is 0.408 e. The van der Waals surface area contributed by atoms with Gasteiger partial charge >= 0.3 is 6.01 Å². The molecule has 1 rings (SSSR count). The lowest BCUT2D eigenvalue weighted by molar-refractivity contribution is 0.534. The molecule has 0 bridgehead atoms. The highest BCUT2D eigenvalue weighted by Gasteiger charge is 2.13. The zero-order chi connectivity index (χ0) is 11.3. The molecule has 0 aliphatic heterocycles. The van der Waals surface area contributed by atoms with Gasteiger partial charge in [0.25, 0.3) is 0 Å². The first-order valence-corrected chi connectivity index (χ1v) is 6.59. The van der Waals surface area contributed by atoms with Crippen molar-refractivity contribution >= 4 is 27.6 Å². The number of nitrogens with one attached hydrogen (secondary N) is 1. The molecule has 0 aliphatic rings. The average Bonchev–Trinajstić information content (AvgIpc) is 2.50. The van der Waals surface area contributed by atoms with Crippen LogP contribution < -0.4 is 4.72 Å². The Kier molecular flexibility index (Phi) is 4.34. The summed E-state index contributed by atoms with van der Waals surface area (Å²) in [6, 6.07) is -0.0987. The van der Waals surface area contributed by atoms with Crippen LogP contribution >= 0.6 is 11.6 Å². The number of aromatic nitrogens is 2. The zero-order valence-electron chi connectivity index (χ0n) is 8.23. The van der Waals surface area contributed by atoms with E-state index in [9.17, 15) is 8.42 Å². The summed E-state index contributed by atoms with van der Waals surface area (Å²) in [6.45, 7) is 1.58. The third kappa shape index (κ3) is 4.48. The normalized spacial score (nSPS) is 11.6. The lowest BCUT2D eigenvalue weighted by Crippen LogP contribution is -2.17.